The first-order chi connectivity index (χ1) is 9.88. The van der Waals surface area contributed by atoms with Gasteiger partial charge in [-0.15, -0.1) is 0 Å². The number of nitrogens with one attached hydrogen (secondary N) is 1. The van der Waals surface area contributed by atoms with E-state index in [1.165, 1.54) is 6.07 Å². The molecule has 0 aliphatic carbocycles. The Morgan fingerprint density at radius 3 is 2.43 bits per heavy atom. The molecule has 1 N–H and O–H groups in total. The van der Waals surface area contributed by atoms with Gasteiger partial charge in [0, 0.05) is 23.9 Å². The molecule has 2 aromatic rings. The minimum atomic E-state index is -0.380. The molecule has 0 saturated carbocycles. The number of nitro benzene ring substituents is 1. The Kier molecular flexibility index (Phi) is 4.21. The number of hydrogen-bond donors (Lipinski definition) is 1. The maximum atomic E-state index is 13.2. The summed E-state index contributed by atoms with van der Waals surface area (Å²) in [7, 11) is 0. The van der Waals surface area contributed by atoms with Crippen molar-refractivity contribution in [2.24, 2.45) is 0 Å². The molecule has 5 heteroatoms. The fourth-order valence-corrected chi connectivity index (χ4v) is 2.20. The average Bonchev–Trinajstić information content (AvgIpc) is 2.42. The SMILES string of the molecule is Cc1cc(CNc2cc(C)c([N+](=O)[O-])cc2C)ccc1F. The molecular weight excluding hydrogens is 271 g/mol. The van der Waals surface area contributed by atoms with Gasteiger partial charge >= 0.3 is 0 Å². The number of benzene rings is 2. The lowest BCUT2D eigenvalue weighted by molar-refractivity contribution is -0.385. The Labute approximate surface area is 122 Å². The van der Waals surface area contributed by atoms with Crippen LogP contribution in [0.4, 0.5) is 15.8 Å². The summed E-state index contributed by atoms with van der Waals surface area (Å²) >= 11 is 0. The second-order valence-corrected chi connectivity index (χ2v) is 5.15. The Hall–Kier alpha value is -2.43. The van der Waals surface area contributed by atoms with E-state index in [4.69, 9.17) is 0 Å². The second-order valence-electron chi connectivity index (χ2n) is 5.15. The van der Waals surface area contributed by atoms with Gasteiger partial charge in [0.2, 0.25) is 0 Å². The summed E-state index contributed by atoms with van der Waals surface area (Å²) in [6, 6.07) is 8.29. The van der Waals surface area contributed by atoms with Crippen LogP contribution in [-0.4, -0.2) is 4.92 Å². The normalized spacial score (nSPS) is 10.5. The van der Waals surface area contributed by atoms with E-state index in [1.54, 1.807) is 38.1 Å². The number of nitrogens with zero attached hydrogens (tertiary/aromatic N) is 1. The summed E-state index contributed by atoms with van der Waals surface area (Å²) in [5.41, 5.74) is 3.96. The van der Waals surface area contributed by atoms with E-state index < -0.39 is 0 Å². The predicted octanol–water partition coefficient (Wildman–Crippen LogP) is 4.27. The Morgan fingerprint density at radius 2 is 1.81 bits per heavy atom. The van der Waals surface area contributed by atoms with Crippen LogP contribution < -0.4 is 5.32 Å². The van der Waals surface area contributed by atoms with Crippen molar-refractivity contribution in [2.45, 2.75) is 27.3 Å². The molecule has 0 aliphatic rings. The predicted molar refractivity (Wildman–Crippen MR) is 81.0 cm³/mol. The third-order valence-corrected chi connectivity index (χ3v) is 3.44. The number of aryl methyl sites for hydroxylation is 3. The van der Waals surface area contributed by atoms with Gasteiger partial charge in [-0.2, -0.15) is 0 Å². The molecule has 2 aromatic carbocycles. The fourth-order valence-electron chi connectivity index (χ4n) is 2.20. The zero-order valence-corrected chi connectivity index (χ0v) is 12.2. The van der Waals surface area contributed by atoms with Crippen LogP contribution in [-0.2, 0) is 6.54 Å². The van der Waals surface area contributed by atoms with Crippen molar-refractivity contribution < 1.29 is 9.31 Å². The largest absolute Gasteiger partial charge is 0.381 e. The minimum Gasteiger partial charge on any atom is -0.381 e. The molecule has 0 fully saturated rings. The molecule has 0 amide bonds. The van der Waals surface area contributed by atoms with E-state index in [2.05, 4.69) is 5.32 Å². The van der Waals surface area contributed by atoms with Crippen molar-refractivity contribution in [1.82, 2.24) is 0 Å². The molecule has 4 nitrogen and oxygen atoms in total. The second kappa shape index (κ2) is 5.91. The van der Waals surface area contributed by atoms with Crippen molar-refractivity contribution in [3.05, 3.63) is 68.5 Å². The highest BCUT2D eigenvalue weighted by atomic mass is 19.1. The van der Waals surface area contributed by atoms with Crippen LogP contribution in [0.1, 0.15) is 22.3 Å². The van der Waals surface area contributed by atoms with E-state index in [-0.39, 0.29) is 16.4 Å². The maximum absolute atomic E-state index is 13.2. The molecule has 0 spiro atoms. The third kappa shape index (κ3) is 3.37. The van der Waals surface area contributed by atoms with Gasteiger partial charge in [0.05, 0.1) is 4.92 Å². The summed E-state index contributed by atoms with van der Waals surface area (Å²) < 4.78 is 13.2. The minimum absolute atomic E-state index is 0.121. The number of halogens is 1. The quantitative estimate of drug-likeness (QED) is 0.675. The summed E-state index contributed by atoms with van der Waals surface area (Å²) in [6.07, 6.45) is 0. The molecule has 21 heavy (non-hydrogen) atoms. The summed E-state index contributed by atoms with van der Waals surface area (Å²) in [5, 5.41) is 14.1. The number of anilines is 1. The van der Waals surface area contributed by atoms with Crippen molar-refractivity contribution in [3.8, 4) is 0 Å². The maximum Gasteiger partial charge on any atom is 0.272 e. The van der Waals surface area contributed by atoms with Crippen LogP contribution in [0, 0.1) is 36.7 Å². The average molecular weight is 288 g/mol. The Balaban J connectivity index is 2.18. The van der Waals surface area contributed by atoms with Gasteiger partial charge in [-0.3, -0.25) is 10.1 Å². The first-order valence-corrected chi connectivity index (χ1v) is 6.63. The highest BCUT2D eigenvalue weighted by molar-refractivity contribution is 5.59. The summed E-state index contributed by atoms with van der Waals surface area (Å²) in [5.74, 6) is -0.221. The van der Waals surface area contributed by atoms with Gasteiger partial charge in [-0.25, -0.2) is 4.39 Å². The van der Waals surface area contributed by atoms with Gasteiger partial charge in [0.25, 0.3) is 5.69 Å². The molecule has 110 valence electrons. The molecule has 0 aliphatic heterocycles. The molecule has 0 saturated heterocycles. The van der Waals surface area contributed by atoms with Crippen molar-refractivity contribution in [2.75, 3.05) is 5.32 Å². The Bertz CT molecular complexity index is 699. The van der Waals surface area contributed by atoms with Crippen molar-refractivity contribution in [1.29, 1.82) is 0 Å². The van der Waals surface area contributed by atoms with E-state index in [0.717, 1.165) is 16.8 Å². The lowest BCUT2D eigenvalue weighted by Gasteiger charge is -2.11. The topological polar surface area (TPSA) is 55.2 Å². The van der Waals surface area contributed by atoms with Crippen LogP contribution in [0.15, 0.2) is 30.3 Å². The van der Waals surface area contributed by atoms with E-state index in [1.807, 2.05) is 6.92 Å². The zero-order valence-electron chi connectivity index (χ0n) is 12.2. The molecule has 0 atom stereocenters. The smallest absolute Gasteiger partial charge is 0.272 e. The highest BCUT2D eigenvalue weighted by Crippen LogP contribution is 2.26. The molecular formula is C16H17FN2O2. The number of hydrogen-bond acceptors (Lipinski definition) is 3. The van der Waals surface area contributed by atoms with Crippen LogP contribution in [0.3, 0.4) is 0 Å². The molecule has 0 unspecified atom stereocenters. The lowest BCUT2D eigenvalue weighted by atomic mass is 10.1. The van der Waals surface area contributed by atoms with Crippen molar-refractivity contribution >= 4 is 11.4 Å². The molecule has 0 radical (unpaired) electrons. The molecule has 2 rings (SSSR count). The van der Waals surface area contributed by atoms with E-state index >= 15 is 0 Å². The van der Waals surface area contributed by atoms with Crippen LogP contribution in [0.5, 0.6) is 0 Å². The molecule has 0 aromatic heterocycles. The fraction of sp³-hybridized carbons (Fsp3) is 0.250. The molecule has 0 heterocycles. The summed E-state index contributed by atoms with van der Waals surface area (Å²) in [6.45, 7) is 5.80. The number of nitro groups is 1. The number of rotatable bonds is 4. The standard InChI is InChI=1S/C16H17FN2O2/c1-10-6-13(4-5-14(10)17)9-18-15-7-12(3)16(19(20)21)8-11(15)2/h4-8,18H,9H2,1-3H3. The van der Waals surface area contributed by atoms with Crippen LogP contribution in [0.25, 0.3) is 0 Å². The zero-order chi connectivity index (χ0) is 15.6. The summed E-state index contributed by atoms with van der Waals surface area (Å²) in [4.78, 5) is 10.5. The van der Waals surface area contributed by atoms with Crippen molar-refractivity contribution in [3.63, 3.8) is 0 Å². The lowest BCUT2D eigenvalue weighted by Crippen LogP contribution is -2.03. The van der Waals surface area contributed by atoms with Gasteiger partial charge in [-0.1, -0.05) is 12.1 Å². The first kappa shape index (κ1) is 15.0. The van der Waals surface area contributed by atoms with E-state index in [9.17, 15) is 14.5 Å². The van der Waals surface area contributed by atoms with Gasteiger partial charge in [0.1, 0.15) is 5.82 Å². The third-order valence-electron chi connectivity index (χ3n) is 3.44. The van der Waals surface area contributed by atoms with Crippen LogP contribution >= 0.6 is 0 Å². The highest BCUT2D eigenvalue weighted by Gasteiger charge is 2.13. The molecule has 0 bridgehead atoms. The van der Waals surface area contributed by atoms with Gasteiger partial charge in [-0.05, 0) is 49.6 Å². The Morgan fingerprint density at radius 1 is 1.10 bits per heavy atom. The first-order valence-electron chi connectivity index (χ1n) is 6.63. The monoisotopic (exact) mass is 288 g/mol. The van der Waals surface area contributed by atoms with Gasteiger partial charge < -0.3 is 5.32 Å². The van der Waals surface area contributed by atoms with Gasteiger partial charge in [0.15, 0.2) is 0 Å². The van der Waals surface area contributed by atoms with E-state index in [0.29, 0.717) is 17.7 Å². The van der Waals surface area contributed by atoms with Crippen LogP contribution in [0.2, 0.25) is 0 Å².